The van der Waals surface area contributed by atoms with E-state index in [1.54, 1.807) is 19.2 Å². The van der Waals surface area contributed by atoms with Gasteiger partial charge in [0.25, 0.3) is 11.8 Å². The number of rotatable bonds is 8. The fraction of sp³-hybridized carbons (Fsp3) is 0.111. The zero-order valence-electron chi connectivity index (χ0n) is 24.8. The number of anilines is 2. The molecule has 0 aliphatic heterocycles. The Labute approximate surface area is 301 Å². The number of benzene rings is 5. The van der Waals surface area contributed by atoms with E-state index in [9.17, 15) is 44.7 Å². The van der Waals surface area contributed by atoms with Crippen LogP contribution in [-0.4, -0.2) is 18.9 Å². The van der Waals surface area contributed by atoms with E-state index >= 15 is 0 Å². The maximum Gasteiger partial charge on any atom is 0.255 e. The molecule has 0 aromatic heterocycles. The molecule has 0 spiro atoms. The van der Waals surface area contributed by atoms with E-state index < -0.39 is 58.4 Å². The summed E-state index contributed by atoms with van der Waals surface area (Å²) in [7, 11) is 1.57. The molecule has 5 nitrogen and oxygen atoms in total. The third-order valence-corrected chi connectivity index (χ3v) is 7.81. The Balaban J connectivity index is 0.000000362. The highest BCUT2D eigenvalue weighted by Gasteiger charge is 2.16. The number of thioether (sulfide) groups is 1. The van der Waals surface area contributed by atoms with Gasteiger partial charge in [-0.2, -0.15) is 0 Å². The highest BCUT2D eigenvalue weighted by atomic mass is 79.9. The van der Waals surface area contributed by atoms with Gasteiger partial charge in [0, 0.05) is 61.9 Å². The lowest BCUT2D eigenvalue weighted by molar-refractivity contribution is 0.101. The van der Waals surface area contributed by atoms with E-state index in [1.807, 2.05) is 12.1 Å². The lowest BCUT2D eigenvalue weighted by Crippen LogP contribution is -2.13. The summed E-state index contributed by atoms with van der Waals surface area (Å²) >= 11 is 4.33. The zero-order chi connectivity index (χ0) is 35.8. The van der Waals surface area contributed by atoms with Crippen molar-refractivity contribution >= 4 is 50.9 Å². The van der Waals surface area contributed by atoms with Gasteiger partial charge in [-0.05, 0) is 54.1 Å². The topological polar surface area (TPSA) is 67.4 Å². The summed E-state index contributed by atoms with van der Waals surface area (Å²) in [4.78, 5) is 24.6. The van der Waals surface area contributed by atoms with Gasteiger partial charge in [0.2, 0.25) is 0 Å². The molecule has 0 saturated carbocycles. The number of amides is 2. The first-order valence-electron chi connectivity index (χ1n) is 13.7. The van der Waals surface area contributed by atoms with Crippen molar-refractivity contribution in [3.8, 4) is 5.75 Å². The van der Waals surface area contributed by atoms with Crippen LogP contribution in [0.3, 0.4) is 0 Å². The monoisotopic (exact) mass is 800 g/mol. The minimum atomic E-state index is -1.63. The Morgan fingerprint density at radius 1 is 0.627 bits per heavy atom. The third kappa shape index (κ3) is 11.9. The van der Waals surface area contributed by atoms with Crippen LogP contribution in [0.1, 0.15) is 41.1 Å². The molecular weight excluding hydrogens is 772 g/mol. The van der Waals surface area contributed by atoms with Crippen LogP contribution in [0.25, 0.3) is 0 Å². The van der Waals surface area contributed by atoms with Gasteiger partial charge in [-0.3, -0.25) is 9.59 Å². The zero-order valence-corrected chi connectivity index (χ0v) is 27.2. The molecule has 0 bridgehead atoms. The van der Waals surface area contributed by atoms with Crippen molar-refractivity contribution < 1.29 is 49.4 Å². The first kappa shape index (κ1) is 42.3. The SMILES string of the molecule is C.C.COc1ccc(CSc2cc(F)cc(C(=O)Nc3cc(F)c(F)c(F)c3)c2)cc1.O=C(Nc1cc(F)c(F)c(F)c1)c1cc(F)cc(Br)c1. The van der Waals surface area contributed by atoms with Gasteiger partial charge >= 0.3 is 0 Å². The van der Waals surface area contributed by atoms with Gasteiger partial charge in [0.1, 0.15) is 17.4 Å². The number of methoxy groups -OCH3 is 1. The molecule has 270 valence electrons. The fourth-order valence-corrected chi connectivity index (χ4v) is 5.41. The van der Waals surface area contributed by atoms with Gasteiger partial charge in [-0.25, -0.2) is 35.1 Å². The quantitative estimate of drug-likeness (QED) is 0.0932. The van der Waals surface area contributed by atoms with E-state index in [-0.39, 0.29) is 37.4 Å². The van der Waals surface area contributed by atoms with Crippen LogP contribution < -0.4 is 15.4 Å². The van der Waals surface area contributed by atoms with Crippen LogP contribution in [0.4, 0.5) is 46.5 Å². The van der Waals surface area contributed by atoms with Crippen LogP contribution in [0, 0.1) is 46.5 Å². The normalized spacial score (nSPS) is 10.2. The number of ether oxygens (including phenoxy) is 1. The summed E-state index contributed by atoms with van der Waals surface area (Å²) < 4.78 is 111. The van der Waals surface area contributed by atoms with Crippen molar-refractivity contribution in [2.75, 3.05) is 17.7 Å². The minimum absolute atomic E-state index is 0. The highest BCUT2D eigenvalue weighted by Crippen LogP contribution is 2.27. The Morgan fingerprint density at radius 2 is 1.06 bits per heavy atom. The van der Waals surface area contributed by atoms with Crippen molar-refractivity contribution in [1.29, 1.82) is 0 Å². The molecule has 15 heteroatoms. The van der Waals surface area contributed by atoms with Gasteiger partial charge in [0.05, 0.1) is 7.11 Å². The molecule has 0 aliphatic rings. The number of carbonyl (C=O) groups is 2. The summed E-state index contributed by atoms with van der Waals surface area (Å²) in [5, 5.41) is 4.38. The van der Waals surface area contributed by atoms with Crippen molar-refractivity contribution in [1.82, 2.24) is 0 Å². The average molecular weight is 802 g/mol. The number of hydrogen-bond acceptors (Lipinski definition) is 4. The minimum Gasteiger partial charge on any atom is -0.497 e. The molecule has 0 radical (unpaired) electrons. The van der Waals surface area contributed by atoms with E-state index in [0.29, 0.717) is 39.4 Å². The van der Waals surface area contributed by atoms with E-state index in [0.717, 1.165) is 29.5 Å². The predicted octanol–water partition coefficient (Wildman–Crippen LogP) is 11.3. The van der Waals surface area contributed by atoms with Crippen molar-refractivity contribution in [3.05, 3.63) is 153 Å². The van der Waals surface area contributed by atoms with Crippen LogP contribution in [0.15, 0.2) is 94.3 Å². The molecule has 5 aromatic carbocycles. The maximum atomic E-state index is 14.0. The van der Waals surface area contributed by atoms with Crippen molar-refractivity contribution in [3.63, 3.8) is 0 Å². The molecule has 5 aromatic rings. The molecule has 0 aliphatic carbocycles. The summed E-state index contributed by atoms with van der Waals surface area (Å²) in [5.41, 5.74) is 0.340. The highest BCUT2D eigenvalue weighted by molar-refractivity contribution is 9.10. The second-order valence-electron chi connectivity index (χ2n) is 9.89. The number of nitrogens with one attached hydrogen (secondary N) is 2. The lowest BCUT2D eigenvalue weighted by atomic mass is 10.2. The largest absolute Gasteiger partial charge is 0.497 e. The third-order valence-electron chi connectivity index (χ3n) is 6.31. The Bertz CT molecular complexity index is 1950. The second kappa shape index (κ2) is 18.9. The number of carbonyl (C=O) groups excluding carboxylic acids is 2. The lowest BCUT2D eigenvalue weighted by Gasteiger charge is -2.09. The smallest absolute Gasteiger partial charge is 0.255 e. The molecule has 0 saturated heterocycles. The van der Waals surface area contributed by atoms with E-state index in [1.165, 1.54) is 30.0 Å². The molecular formula is C36H29BrF8N2O3S. The van der Waals surface area contributed by atoms with Gasteiger partial charge in [-0.15, -0.1) is 11.8 Å². The second-order valence-corrected chi connectivity index (χ2v) is 11.9. The molecule has 0 fully saturated rings. The van der Waals surface area contributed by atoms with Crippen LogP contribution in [-0.2, 0) is 5.75 Å². The van der Waals surface area contributed by atoms with Crippen molar-refractivity contribution in [2.45, 2.75) is 25.5 Å². The first-order chi connectivity index (χ1) is 23.2. The van der Waals surface area contributed by atoms with E-state index in [2.05, 4.69) is 26.6 Å². The van der Waals surface area contributed by atoms with Crippen molar-refractivity contribution in [2.24, 2.45) is 0 Å². The van der Waals surface area contributed by atoms with Crippen LogP contribution >= 0.6 is 27.7 Å². The molecule has 0 heterocycles. The first-order valence-corrected chi connectivity index (χ1v) is 15.4. The molecule has 0 unspecified atom stereocenters. The molecule has 51 heavy (non-hydrogen) atoms. The summed E-state index contributed by atoms with van der Waals surface area (Å²) in [6, 6.07) is 17.1. The standard InChI is InChI=1S/C21H15F4NO2S.C13H6BrF4NO.2CH4/c1-28-16-4-2-12(3-5-16)11-29-17-7-13(6-14(22)8-17)21(27)26-15-9-18(23)20(25)19(24)10-15;14-7-1-6(2-8(15)3-7)13(20)19-9-4-10(16)12(18)11(17)5-9;;/h2-10H,11H2,1H3,(H,26,27);1-5H,(H,19,20);2*1H4. The molecule has 5 rings (SSSR count). The van der Waals surface area contributed by atoms with Crippen LogP contribution in [0.5, 0.6) is 5.75 Å². The maximum absolute atomic E-state index is 14.0. The fourth-order valence-electron chi connectivity index (χ4n) is 4.01. The average Bonchev–Trinajstić information content (AvgIpc) is 3.05. The predicted molar refractivity (Wildman–Crippen MR) is 185 cm³/mol. The summed E-state index contributed by atoms with van der Waals surface area (Å²) in [6.45, 7) is 0. The summed E-state index contributed by atoms with van der Waals surface area (Å²) in [6.07, 6.45) is 0. The summed E-state index contributed by atoms with van der Waals surface area (Å²) in [5.74, 6) is -10.6. The van der Waals surface area contributed by atoms with Crippen LogP contribution in [0.2, 0.25) is 0 Å². The Hall–Kier alpha value is -4.89. The molecule has 2 N–H and O–H groups in total. The number of halogens is 9. The van der Waals surface area contributed by atoms with Gasteiger partial charge in [0.15, 0.2) is 34.9 Å². The van der Waals surface area contributed by atoms with E-state index in [4.69, 9.17) is 4.74 Å². The van der Waals surface area contributed by atoms with Gasteiger partial charge < -0.3 is 15.4 Å². The molecule has 0 atom stereocenters. The number of hydrogen-bond donors (Lipinski definition) is 2. The Morgan fingerprint density at radius 3 is 1.49 bits per heavy atom. The molecule has 2 amide bonds. The van der Waals surface area contributed by atoms with Gasteiger partial charge in [-0.1, -0.05) is 42.9 Å². The Kier molecular flexibility index (Phi) is 15.7.